The molecule has 3 aromatic rings. The minimum absolute atomic E-state index is 0.0611. The average Bonchev–Trinajstić information content (AvgIpc) is 3.10. The molecule has 1 aromatic carbocycles. The fourth-order valence-electron chi connectivity index (χ4n) is 2.08. The van der Waals surface area contributed by atoms with Crippen molar-refractivity contribution < 1.29 is 18.5 Å². The molecule has 0 spiro atoms. The van der Waals surface area contributed by atoms with Gasteiger partial charge < -0.3 is 19.0 Å². The summed E-state index contributed by atoms with van der Waals surface area (Å²) in [7, 11) is 0. The van der Waals surface area contributed by atoms with Crippen molar-refractivity contribution in [3.63, 3.8) is 0 Å². The molecule has 0 bridgehead atoms. The minimum atomic E-state index is -0.519. The van der Waals surface area contributed by atoms with E-state index in [1.807, 2.05) is 0 Å². The molecule has 2 aromatic heterocycles. The van der Waals surface area contributed by atoms with Crippen molar-refractivity contribution in [2.45, 2.75) is 20.1 Å². The molecule has 26 heavy (non-hydrogen) atoms. The van der Waals surface area contributed by atoms with Crippen molar-refractivity contribution in [3.8, 4) is 5.75 Å². The van der Waals surface area contributed by atoms with Gasteiger partial charge in [-0.2, -0.15) is 4.98 Å². The van der Waals surface area contributed by atoms with E-state index in [1.165, 1.54) is 12.3 Å². The number of ether oxygens (including phenoxy) is 1. The van der Waals surface area contributed by atoms with Gasteiger partial charge in [-0.25, -0.2) is 0 Å². The summed E-state index contributed by atoms with van der Waals surface area (Å²) in [6.45, 7) is 1.75. The first-order valence-corrected chi connectivity index (χ1v) is 7.97. The van der Waals surface area contributed by atoms with Crippen LogP contribution in [0.4, 0.5) is 0 Å². The highest BCUT2D eigenvalue weighted by Crippen LogP contribution is 2.12. The van der Waals surface area contributed by atoms with Gasteiger partial charge >= 0.3 is 11.8 Å². The van der Waals surface area contributed by atoms with Crippen molar-refractivity contribution in [2.75, 3.05) is 0 Å². The van der Waals surface area contributed by atoms with Crippen LogP contribution in [0.3, 0.4) is 0 Å². The lowest BCUT2D eigenvalue weighted by Crippen LogP contribution is -2.23. The lowest BCUT2D eigenvalue weighted by atomic mass is 10.2. The number of rotatable bonds is 6. The number of amides is 1. The van der Waals surface area contributed by atoms with Crippen LogP contribution in [0.1, 0.15) is 27.8 Å². The smallest absolute Gasteiger partial charge is 0.316 e. The number of benzene rings is 1. The monoisotopic (exact) mass is 375 g/mol. The number of nitrogens with zero attached hydrogens (tertiary/aromatic N) is 2. The maximum atomic E-state index is 12.0. The van der Waals surface area contributed by atoms with Crippen molar-refractivity contribution in [1.29, 1.82) is 0 Å². The van der Waals surface area contributed by atoms with Crippen molar-refractivity contribution in [3.05, 3.63) is 74.9 Å². The van der Waals surface area contributed by atoms with E-state index in [9.17, 15) is 9.59 Å². The second kappa shape index (κ2) is 7.83. The molecule has 9 heteroatoms. The van der Waals surface area contributed by atoms with E-state index >= 15 is 0 Å². The third kappa shape index (κ3) is 4.28. The lowest BCUT2D eigenvalue weighted by molar-refractivity contribution is 0.0907. The van der Waals surface area contributed by atoms with Crippen molar-refractivity contribution >= 4 is 17.5 Å². The normalized spacial score (nSPS) is 10.5. The van der Waals surface area contributed by atoms with Crippen LogP contribution < -0.4 is 15.5 Å². The Morgan fingerprint density at radius 3 is 2.77 bits per heavy atom. The predicted octanol–water partition coefficient (Wildman–Crippen LogP) is 2.49. The number of hydrogen-bond acceptors (Lipinski definition) is 7. The highest BCUT2D eigenvalue weighted by molar-refractivity contribution is 6.30. The molecular weight excluding hydrogens is 362 g/mol. The van der Waals surface area contributed by atoms with Crippen LogP contribution in [0.5, 0.6) is 5.75 Å². The second-order valence-electron chi connectivity index (χ2n) is 5.28. The largest absolute Gasteiger partial charge is 0.478 e. The molecule has 0 atom stereocenters. The standard InChI is InChI=1S/C17H14ClN3O5/c1-10-15(13(22)6-7-24-10)25-9-14-20-17(26-21-14)16(23)19-8-11-2-4-12(18)5-3-11/h2-7H,8-9H2,1H3,(H,19,23). The van der Waals surface area contributed by atoms with Crippen LogP contribution in [0.15, 0.2) is 50.3 Å². The summed E-state index contributed by atoms with van der Waals surface area (Å²) in [6.07, 6.45) is 1.28. The van der Waals surface area contributed by atoms with Gasteiger partial charge in [0.15, 0.2) is 6.61 Å². The molecular formula is C17H14ClN3O5. The molecule has 0 fully saturated rings. The molecule has 1 amide bonds. The zero-order valence-electron chi connectivity index (χ0n) is 13.7. The number of nitrogens with one attached hydrogen (secondary N) is 1. The highest BCUT2D eigenvalue weighted by atomic mass is 35.5. The molecule has 0 radical (unpaired) electrons. The Morgan fingerprint density at radius 2 is 2.04 bits per heavy atom. The van der Waals surface area contributed by atoms with Gasteiger partial charge in [-0.05, 0) is 24.6 Å². The zero-order chi connectivity index (χ0) is 18.5. The zero-order valence-corrected chi connectivity index (χ0v) is 14.4. The molecule has 0 saturated heterocycles. The minimum Gasteiger partial charge on any atom is -0.478 e. The van der Waals surface area contributed by atoms with Crippen molar-refractivity contribution in [1.82, 2.24) is 15.5 Å². The third-order valence-corrected chi connectivity index (χ3v) is 3.63. The van der Waals surface area contributed by atoms with E-state index in [-0.39, 0.29) is 36.0 Å². The van der Waals surface area contributed by atoms with Gasteiger partial charge in [0.1, 0.15) is 5.76 Å². The van der Waals surface area contributed by atoms with E-state index in [1.54, 1.807) is 31.2 Å². The maximum absolute atomic E-state index is 12.0. The molecule has 0 aliphatic rings. The number of aromatic nitrogens is 2. The fourth-order valence-corrected chi connectivity index (χ4v) is 2.20. The van der Waals surface area contributed by atoms with Gasteiger partial charge in [0.2, 0.25) is 17.0 Å². The third-order valence-electron chi connectivity index (χ3n) is 3.38. The maximum Gasteiger partial charge on any atom is 0.316 e. The number of carbonyl (C=O) groups excluding carboxylic acids is 1. The first-order chi connectivity index (χ1) is 12.5. The van der Waals surface area contributed by atoms with Crippen LogP contribution >= 0.6 is 11.6 Å². The molecule has 134 valence electrons. The Kier molecular flexibility index (Phi) is 5.33. The first-order valence-electron chi connectivity index (χ1n) is 7.59. The van der Waals surface area contributed by atoms with Crippen LogP contribution in [-0.4, -0.2) is 16.0 Å². The summed E-state index contributed by atoms with van der Waals surface area (Å²) in [5.41, 5.74) is 0.551. The molecule has 0 aliphatic heterocycles. The lowest BCUT2D eigenvalue weighted by Gasteiger charge is -2.03. The molecule has 0 saturated carbocycles. The Hall–Kier alpha value is -3.13. The molecule has 3 rings (SSSR count). The summed E-state index contributed by atoms with van der Waals surface area (Å²) in [5, 5.41) is 6.93. The molecule has 0 unspecified atom stereocenters. The topological polar surface area (TPSA) is 107 Å². The molecule has 1 N–H and O–H groups in total. The summed E-state index contributed by atoms with van der Waals surface area (Å²) in [6, 6.07) is 8.29. The van der Waals surface area contributed by atoms with Crippen LogP contribution in [-0.2, 0) is 13.2 Å². The first kappa shape index (κ1) is 17.7. The SMILES string of the molecule is Cc1occc(=O)c1OCc1noc(C(=O)NCc2ccc(Cl)cc2)n1. The van der Waals surface area contributed by atoms with Crippen LogP contribution in [0, 0.1) is 6.92 Å². The van der Waals surface area contributed by atoms with Gasteiger partial charge in [-0.3, -0.25) is 9.59 Å². The van der Waals surface area contributed by atoms with Crippen LogP contribution in [0.2, 0.25) is 5.02 Å². The summed E-state index contributed by atoms with van der Waals surface area (Å²) in [5.74, 6) is -0.194. The van der Waals surface area contributed by atoms with E-state index < -0.39 is 5.91 Å². The van der Waals surface area contributed by atoms with E-state index in [2.05, 4.69) is 15.5 Å². The van der Waals surface area contributed by atoms with E-state index in [4.69, 9.17) is 25.3 Å². The number of carbonyl (C=O) groups is 1. The van der Waals surface area contributed by atoms with E-state index in [0.29, 0.717) is 10.8 Å². The number of aryl methyl sites for hydroxylation is 1. The van der Waals surface area contributed by atoms with Crippen molar-refractivity contribution in [2.24, 2.45) is 0 Å². The second-order valence-corrected chi connectivity index (χ2v) is 5.72. The Balaban J connectivity index is 1.57. The average molecular weight is 376 g/mol. The Morgan fingerprint density at radius 1 is 1.27 bits per heavy atom. The van der Waals surface area contributed by atoms with E-state index in [0.717, 1.165) is 5.56 Å². The van der Waals surface area contributed by atoms with Gasteiger partial charge in [0.05, 0.1) is 6.26 Å². The quantitative estimate of drug-likeness (QED) is 0.705. The van der Waals surface area contributed by atoms with Gasteiger partial charge in [-0.15, -0.1) is 0 Å². The number of halogens is 1. The fraction of sp³-hybridized carbons (Fsp3) is 0.176. The van der Waals surface area contributed by atoms with Gasteiger partial charge in [-0.1, -0.05) is 28.9 Å². The number of hydrogen-bond donors (Lipinski definition) is 1. The predicted molar refractivity (Wildman–Crippen MR) is 91.0 cm³/mol. The summed E-state index contributed by atoms with van der Waals surface area (Å²) >= 11 is 5.81. The highest BCUT2D eigenvalue weighted by Gasteiger charge is 2.16. The molecule has 2 heterocycles. The van der Waals surface area contributed by atoms with Gasteiger partial charge in [0.25, 0.3) is 0 Å². The Labute approximate surface area is 152 Å². The summed E-state index contributed by atoms with van der Waals surface area (Å²) in [4.78, 5) is 27.7. The Bertz CT molecular complexity index is 965. The molecule has 8 nitrogen and oxygen atoms in total. The van der Waals surface area contributed by atoms with Crippen LogP contribution in [0.25, 0.3) is 0 Å². The van der Waals surface area contributed by atoms with Gasteiger partial charge in [0, 0.05) is 17.6 Å². The molecule has 0 aliphatic carbocycles. The summed E-state index contributed by atoms with van der Waals surface area (Å²) < 4.78 is 15.3.